The minimum atomic E-state index is -0.101. The summed E-state index contributed by atoms with van der Waals surface area (Å²) in [7, 11) is 0. The maximum absolute atomic E-state index is 13.4. The molecule has 0 N–H and O–H groups in total. The van der Waals surface area contributed by atoms with E-state index in [0.29, 0.717) is 57.5 Å². The van der Waals surface area contributed by atoms with E-state index in [-0.39, 0.29) is 18.5 Å². The average molecular weight is 509 g/mol. The predicted octanol–water partition coefficient (Wildman–Crippen LogP) is 5.30. The highest BCUT2D eigenvalue weighted by Crippen LogP contribution is 2.35. The molecule has 3 heterocycles. The lowest BCUT2D eigenvalue weighted by molar-refractivity contribution is 0.174. The van der Waals surface area contributed by atoms with Gasteiger partial charge in [0.2, 0.25) is 18.5 Å². The molecule has 36 heavy (non-hydrogen) atoms. The standard InChI is InChI=1S/C26H28N4O5S/c1-15(2)9-10-30-25(31)19-11-21-22(33-14-32-21)12-20(19)27-26(30)36-13-23-28-24(29-35-23)17-5-7-18(8-6-17)34-16(3)4/h5-8,11-12,15-16H,9-10,13-14H2,1-4H3. The predicted molar refractivity (Wildman–Crippen MR) is 137 cm³/mol. The van der Waals surface area contributed by atoms with Gasteiger partial charge in [0, 0.05) is 18.2 Å². The summed E-state index contributed by atoms with van der Waals surface area (Å²) >= 11 is 1.40. The topological polar surface area (TPSA) is 102 Å². The number of ether oxygens (including phenoxy) is 3. The van der Waals surface area contributed by atoms with E-state index in [1.807, 2.05) is 38.1 Å². The van der Waals surface area contributed by atoms with E-state index in [2.05, 4.69) is 24.0 Å². The molecule has 10 heteroatoms. The van der Waals surface area contributed by atoms with E-state index in [9.17, 15) is 4.79 Å². The first-order valence-electron chi connectivity index (χ1n) is 11.9. The molecule has 2 aromatic heterocycles. The Morgan fingerprint density at radius 1 is 1.06 bits per heavy atom. The molecule has 4 aromatic rings. The second kappa shape index (κ2) is 10.2. The van der Waals surface area contributed by atoms with Gasteiger partial charge in [-0.05, 0) is 56.5 Å². The normalized spacial score (nSPS) is 12.7. The van der Waals surface area contributed by atoms with Crippen molar-refractivity contribution in [1.82, 2.24) is 19.7 Å². The van der Waals surface area contributed by atoms with Crippen molar-refractivity contribution in [3.8, 4) is 28.6 Å². The molecule has 0 fully saturated rings. The van der Waals surface area contributed by atoms with Gasteiger partial charge < -0.3 is 18.7 Å². The summed E-state index contributed by atoms with van der Waals surface area (Å²) in [5, 5.41) is 5.23. The van der Waals surface area contributed by atoms with Crippen molar-refractivity contribution >= 4 is 22.7 Å². The molecule has 5 rings (SSSR count). The number of benzene rings is 2. The fourth-order valence-corrected chi connectivity index (χ4v) is 4.66. The highest BCUT2D eigenvalue weighted by Gasteiger charge is 2.20. The maximum atomic E-state index is 13.4. The molecular weight excluding hydrogens is 480 g/mol. The largest absolute Gasteiger partial charge is 0.491 e. The number of thioether (sulfide) groups is 1. The Labute approximate surface area is 212 Å². The van der Waals surface area contributed by atoms with Crippen LogP contribution in [0.5, 0.6) is 17.2 Å². The van der Waals surface area contributed by atoms with E-state index >= 15 is 0 Å². The molecule has 0 radical (unpaired) electrons. The molecule has 0 unspecified atom stereocenters. The minimum absolute atomic E-state index is 0.101. The van der Waals surface area contributed by atoms with Crippen LogP contribution in [0, 0.1) is 5.92 Å². The molecule has 1 aliphatic heterocycles. The van der Waals surface area contributed by atoms with Crippen molar-refractivity contribution in [3.63, 3.8) is 0 Å². The highest BCUT2D eigenvalue weighted by molar-refractivity contribution is 7.98. The van der Waals surface area contributed by atoms with Crippen LogP contribution in [0.2, 0.25) is 0 Å². The van der Waals surface area contributed by atoms with E-state index in [1.165, 1.54) is 11.8 Å². The van der Waals surface area contributed by atoms with Crippen molar-refractivity contribution in [2.45, 2.75) is 57.7 Å². The van der Waals surface area contributed by atoms with Gasteiger partial charge in [0.05, 0.1) is 22.8 Å². The fourth-order valence-electron chi connectivity index (χ4n) is 3.80. The molecule has 0 aliphatic carbocycles. The van der Waals surface area contributed by atoms with Crippen LogP contribution in [-0.2, 0) is 12.3 Å². The maximum Gasteiger partial charge on any atom is 0.262 e. The van der Waals surface area contributed by atoms with E-state index in [0.717, 1.165) is 17.7 Å². The molecular formula is C26H28N4O5S. The van der Waals surface area contributed by atoms with Crippen molar-refractivity contribution in [2.24, 2.45) is 5.92 Å². The van der Waals surface area contributed by atoms with Gasteiger partial charge >= 0.3 is 0 Å². The second-order valence-corrected chi connectivity index (χ2v) is 10.2. The Kier molecular flexibility index (Phi) is 6.86. The Balaban J connectivity index is 1.39. The van der Waals surface area contributed by atoms with E-state index in [4.69, 9.17) is 23.7 Å². The second-order valence-electron chi connectivity index (χ2n) is 9.25. The van der Waals surface area contributed by atoms with Crippen LogP contribution in [0.1, 0.15) is 40.0 Å². The number of nitrogens with zero attached hydrogens (tertiary/aromatic N) is 4. The summed E-state index contributed by atoms with van der Waals surface area (Å²) in [5.41, 5.74) is 1.30. The lowest BCUT2D eigenvalue weighted by atomic mass is 10.1. The van der Waals surface area contributed by atoms with Crippen molar-refractivity contribution in [3.05, 3.63) is 52.6 Å². The Morgan fingerprint density at radius 3 is 2.53 bits per heavy atom. The van der Waals surface area contributed by atoms with Gasteiger partial charge in [-0.3, -0.25) is 9.36 Å². The number of hydrogen-bond acceptors (Lipinski definition) is 9. The van der Waals surface area contributed by atoms with Crippen LogP contribution in [0.15, 0.2) is 50.9 Å². The lowest BCUT2D eigenvalue weighted by Gasteiger charge is -2.14. The van der Waals surface area contributed by atoms with Crippen molar-refractivity contribution in [1.29, 1.82) is 0 Å². The highest BCUT2D eigenvalue weighted by atomic mass is 32.2. The summed E-state index contributed by atoms with van der Waals surface area (Å²) in [4.78, 5) is 22.7. The lowest BCUT2D eigenvalue weighted by Crippen LogP contribution is -2.24. The molecule has 2 aromatic carbocycles. The molecule has 0 bridgehead atoms. The van der Waals surface area contributed by atoms with Gasteiger partial charge in [-0.15, -0.1) is 0 Å². The van der Waals surface area contributed by atoms with E-state index in [1.54, 1.807) is 16.7 Å². The molecule has 188 valence electrons. The van der Waals surface area contributed by atoms with Gasteiger partial charge in [-0.2, -0.15) is 4.98 Å². The van der Waals surface area contributed by atoms with E-state index < -0.39 is 0 Å². The zero-order valence-corrected chi connectivity index (χ0v) is 21.5. The smallest absolute Gasteiger partial charge is 0.262 e. The van der Waals surface area contributed by atoms with Crippen LogP contribution >= 0.6 is 11.8 Å². The van der Waals surface area contributed by atoms with Crippen LogP contribution in [0.4, 0.5) is 0 Å². The molecule has 0 spiro atoms. The quantitative estimate of drug-likeness (QED) is 0.220. The number of rotatable bonds is 9. The Hall–Kier alpha value is -3.53. The summed E-state index contributed by atoms with van der Waals surface area (Å²) in [5.74, 6) is 3.73. The first-order valence-corrected chi connectivity index (χ1v) is 12.9. The number of aromatic nitrogens is 4. The molecule has 0 atom stereocenters. The Morgan fingerprint density at radius 2 is 1.81 bits per heavy atom. The zero-order chi connectivity index (χ0) is 25.2. The number of fused-ring (bicyclic) bond motifs is 2. The summed E-state index contributed by atoms with van der Waals surface area (Å²) in [6, 6.07) is 11.1. The van der Waals surface area contributed by atoms with Gasteiger partial charge in [-0.1, -0.05) is 30.8 Å². The third-order valence-electron chi connectivity index (χ3n) is 5.62. The number of hydrogen-bond donors (Lipinski definition) is 0. The summed E-state index contributed by atoms with van der Waals surface area (Å²) < 4.78 is 23.8. The third kappa shape index (κ3) is 5.18. The average Bonchev–Trinajstić information content (AvgIpc) is 3.50. The first-order chi connectivity index (χ1) is 17.4. The summed E-state index contributed by atoms with van der Waals surface area (Å²) in [6.45, 7) is 8.94. The van der Waals surface area contributed by atoms with Crippen LogP contribution < -0.4 is 19.8 Å². The monoisotopic (exact) mass is 508 g/mol. The van der Waals surface area contributed by atoms with Gasteiger partial charge in [-0.25, -0.2) is 4.98 Å². The van der Waals surface area contributed by atoms with Gasteiger partial charge in [0.15, 0.2) is 16.7 Å². The van der Waals surface area contributed by atoms with Gasteiger partial charge in [0.1, 0.15) is 5.75 Å². The van der Waals surface area contributed by atoms with Crippen LogP contribution in [0.25, 0.3) is 22.3 Å². The first kappa shape index (κ1) is 24.2. The third-order valence-corrected chi connectivity index (χ3v) is 6.58. The molecule has 0 saturated heterocycles. The van der Waals surface area contributed by atoms with Crippen LogP contribution in [0.3, 0.4) is 0 Å². The molecule has 0 saturated carbocycles. The molecule has 1 aliphatic rings. The van der Waals surface area contributed by atoms with Crippen molar-refractivity contribution < 1.29 is 18.7 Å². The fraction of sp³-hybridized carbons (Fsp3) is 0.385. The zero-order valence-electron chi connectivity index (χ0n) is 20.7. The van der Waals surface area contributed by atoms with Crippen molar-refractivity contribution in [2.75, 3.05) is 6.79 Å². The van der Waals surface area contributed by atoms with Crippen LogP contribution in [-0.4, -0.2) is 32.6 Å². The minimum Gasteiger partial charge on any atom is -0.491 e. The summed E-state index contributed by atoms with van der Waals surface area (Å²) in [6.07, 6.45) is 0.958. The molecule has 9 nitrogen and oxygen atoms in total. The Bertz CT molecular complexity index is 1430. The SMILES string of the molecule is CC(C)CCn1c(SCc2nc(-c3ccc(OC(C)C)cc3)no2)nc2cc3c(cc2c1=O)OCO3. The molecule has 0 amide bonds. The van der Waals surface area contributed by atoms with Gasteiger partial charge in [0.25, 0.3) is 5.56 Å².